The SMILES string of the molecule is Cc1nn(C)c2nc(C3CC3)cc(C(=O)NC(C)CC(=O)O)c12. The maximum Gasteiger partial charge on any atom is 0.305 e. The fourth-order valence-electron chi connectivity index (χ4n) is 2.85. The van der Waals surface area contributed by atoms with Gasteiger partial charge in [0.15, 0.2) is 5.65 Å². The van der Waals surface area contributed by atoms with Gasteiger partial charge in [0.2, 0.25) is 0 Å². The van der Waals surface area contributed by atoms with Crippen LogP contribution in [0.3, 0.4) is 0 Å². The summed E-state index contributed by atoms with van der Waals surface area (Å²) in [5, 5.41) is 16.7. The molecular weight excluding hydrogens is 296 g/mol. The number of carboxylic acid groups (broad SMARTS) is 1. The first-order valence-corrected chi connectivity index (χ1v) is 7.73. The number of carboxylic acids is 1. The predicted molar refractivity (Wildman–Crippen MR) is 84.4 cm³/mol. The molecule has 2 aromatic rings. The molecule has 2 aromatic heterocycles. The summed E-state index contributed by atoms with van der Waals surface area (Å²) in [6.45, 7) is 3.53. The molecule has 0 bridgehead atoms. The van der Waals surface area contributed by atoms with E-state index in [4.69, 9.17) is 5.11 Å². The van der Waals surface area contributed by atoms with Crippen molar-refractivity contribution in [3.8, 4) is 0 Å². The largest absolute Gasteiger partial charge is 0.481 e. The highest BCUT2D eigenvalue weighted by Gasteiger charge is 2.28. The minimum Gasteiger partial charge on any atom is -0.481 e. The van der Waals surface area contributed by atoms with Crippen LogP contribution in [-0.4, -0.2) is 37.8 Å². The fourth-order valence-corrected chi connectivity index (χ4v) is 2.85. The van der Waals surface area contributed by atoms with Gasteiger partial charge in [0.05, 0.1) is 23.1 Å². The maximum atomic E-state index is 12.6. The Balaban J connectivity index is 2.01. The van der Waals surface area contributed by atoms with Crippen molar-refractivity contribution in [1.29, 1.82) is 0 Å². The molecule has 2 heterocycles. The minimum atomic E-state index is -0.936. The van der Waals surface area contributed by atoms with E-state index in [0.29, 0.717) is 17.1 Å². The standard InChI is InChI=1S/C16H20N4O3/c1-8(6-13(21)22)17-16(23)11-7-12(10-4-5-10)18-15-14(11)9(2)19-20(15)3/h7-8,10H,4-6H2,1-3H3,(H,17,23)(H,21,22). The molecule has 0 aliphatic heterocycles. The van der Waals surface area contributed by atoms with Gasteiger partial charge in [-0.3, -0.25) is 14.3 Å². The number of nitrogens with one attached hydrogen (secondary N) is 1. The molecule has 0 spiro atoms. The average molecular weight is 316 g/mol. The second-order valence-corrected chi connectivity index (χ2v) is 6.25. The van der Waals surface area contributed by atoms with E-state index >= 15 is 0 Å². The van der Waals surface area contributed by atoms with Gasteiger partial charge in [0, 0.05) is 24.7 Å². The lowest BCUT2D eigenvalue weighted by Gasteiger charge is -2.13. The molecule has 1 fully saturated rings. The van der Waals surface area contributed by atoms with Crippen molar-refractivity contribution in [2.24, 2.45) is 7.05 Å². The summed E-state index contributed by atoms with van der Waals surface area (Å²) in [5.74, 6) is -0.796. The second kappa shape index (κ2) is 5.64. The van der Waals surface area contributed by atoms with Gasteiger partial charge in [0.1, 0.15) is 0 Å². The predicted octanol–water partition coefficient (Wildman–Crippen LogP) is 1.75. The smallest absolute Gasteiger partial charge is 0.305 e. The van der Waals surface area contributed by atoms with Crippen LogP contribution in [0.1, 0.15) is 53.8 Å². The van der Waals surface area contributed by atoms with Crippen LogP contribution in [0.25, 0.3) is 11.0 Å². The van der Waals surface area contributed by atoms with Crippen molar-refractivity contribution in [1.82, 2.24) is 20.1 Å². The number of carbonyl (C=O) groups excluding carboxylic acids is 1. The van der Waals surface area contributed by atoms with Gasteiger partial charge < -0.3 is 10.4 Å². The monoisotopic (exact) mass is 316 g/mol. The van der Waals surface area contributed by atoms with Crippen LogP contribution < -0.4 is 5.32 Å². The van der Waals surface area contributed by atoms with Crippen LogP contribution in [0.4, 0.5) is 0 Å². The number of rotatable bonds is 5. The Morgan fingerprint density at radius 2 is 2.17 bits per heavy atom. The molecule has 2 N–H and O–H groups in total. The fraction of sp³-hybridized carbons (Fsp3) is 0.500. The summed E-state index contributed by atoms with van der Waals surface area (Å²) < 4.78 is 1.69. The zero-order valence-corrected chi connectivity index (χ0v) is 13.5. The Labute approximate surface area is 133 Å². The zero-order chi connectivity index (χ0) is 16.7. The number of carbonyl (C=O) groups is 2. The first kappa shape index (κ1) is 15.5. The van der Waals surface area contributed by atoms with Crippen molar-refractivity contribution in [3.05, 3.63) is 23.0 Å². The van der Waals surface area contributed by atoms with E-state index in [9.17, 15) is 9.59 Å². The van der Waals surface area contributed by atoms with E-state index < -0.39 is 12.0 Å². The van der Waals surface area contributed by atoms with E-state index in [1.807, 2.05) is 20.0 Å². The zero-order valence-electron chi connectivity index (χ0n) is 13.5. The highest BCUT2D eigenvalue weighted by atomic mass is 16.4. The van der Waals surface area contributed by atoms with E-state index in [2.05, 4.69) is 15.4 Å². The lowest BCUT2D eigenvalue weighted by atomic mass is 10.1. The number of aliphatic carboxylic acids is 1. The molecular formula is C16H20N4O3. The Bertz CT molecular complexity index is 792. The molecule has 1 aliphatic rings. The summed E-state index contributed by atoms with van der Waals surface area (Å²) in [7, 11) is 1.81. The van der Waals surface area contributed by atoms with Crippen LogP contribution >= 0.6 is 0 Å². The molecule has 1 atom stereocenters. The summed E-state index contributed by atoms with van der Waals surface area (Å²) in [6, 6.07) is 1.39. The second-order valence-electron chi connectivity index (χ2n) is 6.25. The number of fused-ring (bicyclic) bond motifs is 1. The molecule has 7 heteroatoms. The van der Waals surface area contributed by atoms with Crippen LogP contribution in [0.5, 0.6) is 0 Å². The molecule has 1 saturated carbocycles. The Morgan fingerprint density at radius 1 is 1.48 bits per heavy atom. The molecule has 0 saturated heterocycles. The molecule has 0 aromatic carbocycles. The quantitative estimate of drug-likeness (QED) is 0.876. The Hall–Kier alpha value is -2.44. The number of aryl methyl sites for hydroxylation is 2. The van der Waals surface area contributed by atoms with Gasteiger partial charge in [-0.2, -0.15) is 5.10 Å². The van der Waals surface area contributed by atoms with Gasteiger partial charge in [-0.05, 0) is 32.8 Å². The number of aromatic nitrogens is 3. The highest BCUT2D eigenvalue weighted by molar-refractivity contribution is 6.06. The van der Waals surface area contributed by atoms with E-state index in [0.717, 1.165) is 29.6 Å². The number of pyridine rings is 1. The van der Waals surface area contributed by atoms with Gasteiger partial charge in [0.25, 0.3) is 5.91 Å². The molecule has 1 amide bonds. The number of hydrogen-bond donors (Lipinski definition) is 2. The van der Waals surface area contributed by atoms with Crippen molar-refractivity contribution in [2.75, 3.05) is 0 Å². The third-order valence-electron chi connectivity index (χ3n) is 4.09. The van der Waals surface area contributed by atoms with E-state index in [1.165, 1.54) is 0 Å². The molecule has 0 radical (unpaired) electrons. The topological polar surface area (TPSA) is 97.1 Å². The maximum absolute atomic E-state index is 12.6. The van der Waals surface area contributed by atoms with Crippen LogP contribution in [0.2, 0.25) is 0 Å². The van der Waals surface area contributed by atoms with Crippen molar-refractivity contribution in [2.45, 2.75) is 45.1 Å². The Morgan fingerprint density at radius 3 is 2.78 bits per heavy atom. The summed E-state index contributed by atoms with van der Waals surface area (Å²) in [4.78, 5) is 28.1. The molecule has 23 heavy (non-hydrogen) atoms. The number of nitrogens with zero attached hydrogens (tertiary/aromatic N) is 3. The van der Waals surface area contributed by atoms with Crippen LogP contribution in [-0.2, 0) is 11.8 Å². The van der Waals surface area contributed by atoms with Crippen LogP contribution in [0, 0.1) is 6.92 Å². The third kappa shape index (κ3) is 3.04. The molecule has 1 unspecified atom stereocenters. The van der Waals surface area contributed by atoms with E-state index in [1.54, 1.807) is 11.6 Å². The first-order chi connectivity index (χ1) is 10.9. The summed E-state index contributed by atoms with van der Waals surface area (Å²) >= 11 is 0. The molecule has 3 rings (SSSR count). The Kier molecular flexibility index (Phi) is 3.79. The van der Waals surface area contributed by atoms with Crippen LogP contribution in [0.15, 0.2) is 6.07 Å². The summed E-state index contributed by atoms with van der Waals surface area (Å²) in [5.41, 5.74) is 2.88. The first-order valence-electron chi connectivity index (χ1n) is 7.73. The molecule has 7 nitrogen and oxygen atoms in total. The van der Waals surface area contributed by atoms with Crippen molar-refractivity contribution < 1.29 is 14.7 Å². The van der Waals surface area contributed by atoms with Crippen molar-refractivity contribution >= 4 is 22.9 Å². The lowest BCUT2D eigenvalue weighted by Crippen LogP contribution is -2.34. The minimum absolute atomic E-state index is 0.110. The van der Waals surface area contributed by atoms with Gasteiger partial charge in [-0.25, -0.2) is 4.98 Å². The number of hydrogen-bond acceptors (Lipinski definition) is 4. The summed E-state index contributed by atoms with van der Waals surface area (Å²) in [6.07, 6.45) is 2.07. The normalized spacial score (nSPS) is 15.6. The van der Waals surface area contributed by atoms with Gasteiger partial charge >= 0.3 is 5.97 Å². The molecule has 1 aliphatic carbocycles. The highest BCUT2D eigenvalue weighted by Crippen LogP contribution is 2.40. The van der Waals surface area contributed by atoms with Crippen molar-refractivity contribution in [3.63, 3.8) is 0 Å². The van der Waals surface area contributed by atoms with Gasteiger partial charge in [-0.1, -0.05) is 0 Å². The van der Waals surface area contributed by atoms with E-state index in [-0.39, 0.29) is 12.3 Å². The third-order valence-corrected chi connectivity index (χ3v) is 4.09. The van der Waals surface area contributed by atoms with Gasteiger partial charge in [-0.15, -0.1) is 0 Å². The molecule has 122 valence electrons. The lowest BCUT2D eigenvalue weighted by molar-refractivity contribution is -0.137. The average Bonchev–Trinajstić information content (AvgIpc) is 3.25. The number of amides is 1.